The fraction of sp³-hybridized carbons (Fsp3) is 0.385. The number of carbonyl (C=O) groups is 1. The number of para-hydroxylation sites is 1. The van der Waals surface area contributed by atoms with Gasteiger partial charge >= 0.3 is 5.97 Å². The number of rotatable bonds is 13. The number of halogens is 2. The molecular weight excluding hydrogens is 721 g/mol. The number of carboxylic acids is 1. The van der Waals surface area contributed by atoms with Gasteiger partial charge in [-0.1, -0.05) is 41.9 Å². The average Bonchev–Trinajstić information content (AvgIpc) is 3.55. The molecule has 5 heterocycles. The fourth-order valence-corrected chi connectivity index (χ4v) is 7.91. The molecule has 2 atom stereocenters. The lowest BCUT2D eigenvalue weighted by Crippen LogP contribution is -2.45. The van der Waals surface area contributed by atoms with Crippen molar-refractivity contribution in [1.29, 1.82) is 0 Å². The lowest BCUT2D eigenvalue weighted by atomic mass is 9.97. The summed E-state index contributed by atoms with van der Waals surface area (Å²) in [6.07, 6.45) is 4.04. The Bertz CT molecular complexity index is 2050. The van der Waals surface area contributed by atoms with Crippen LogP contribution in [0.5, 0.6) is 17.5 Å². The second-order valence-electron chi connectivity index (χ2n) is 13.3. The zero-order valence-electron chi connectivity index (χ0n) is 29.6. The maximum Gasteiger partial charge on any atom is 0.345 e. The van der Waals surface area contributed by atoms with Gasteiger partial charge in [0, 0.05) is 67.8 Å². The van der Waals surface area contributed by atoms with Crippen LogP contribution in [0, 0.1) is 12.7 Å². The molecule has 0 aliphatic carbocycles. The van der Waals surface area contributed by atoms with Gasteiger partial charge in [-0.25, -0.2) is 24.1 Å². The van der Waals surface area contributed by atoms with E-state index in [4.69, 9.17) is 30.5 Å². The minimum atomic E-state index is -1.33. The van der Waals surface area contributed by atoms with Crippen LogP contribution in [0.3, 0.4) is 0 Å². The van der Waals surface area contributed by atoms with Crippen LogP contribution in [-0.2, 0) is 16.0 Å². The largest absolute Gasteiger partial charge is 0.478 e. The zero-order valence-corrected chi connectivity index (χ0v) is 31.2. The van der Waals surface area contributed by atoms with Crippen molar-refractivity contribution < 1.29 is 33.2 Å². The molecule has 0 bridgehead atoms. The molecular formula is C39H41ClFN5O6S. The third kappa shape index (κ3) is 8.55. The molecule has 278 valence electrons. The maximum absolute atomic E-state index is 14.1. The van der Waals surface area contributed by atoms with Crippen molar-refractivity contribution in [2.45, 2.75) is 45.0 Å². The summed E-state index contributed by atoms with van der Waals surface area (Å²) in [6, 6.07) is 13.4. The molecule has 11 nitrogen and oxygen atoms in total. The van der Waals surface area contributed by atoms with Gasteiger partial charge in [0.25, 0.3) is 0 Å². The number of carboxylic acid groups (broad SMARTS) is 1. The summed E-state index contributed by atoms with van der Waals surface area (Å²) in [5, 5.41) is 11.3. The lowest BCUT2D eigenvalue weighted by molar-refractivity contribution is -0.145. The molecule has 5 aromatic rings. The van der Waals surface area contributed by atoms with E-state index in [-0.39, 0.29) is 18.1 Å². The molecule has 2 saturated heterocycles. The standard InChI is InChI=1S/C39H41ClFN5O6S/c1-24-28(22-42-37(34(24)40)50-20-18-46-16-14-45(2)15-17-46)32-33-36(43-23-44-38(33)53-35(32)25-10-12-27(41)13-11-25)52-30(39(47)48)21-26-7-3-4-8-29(26)51-31-9-5-6-19-49-31/h3-4,7-8,10-13,22-23,30-31H,5-6,9,14-21H2,1-2H3,(H,47,48)/t30-,31?/m1/s1. The van der Waals surface area contributed by atoms with E-state index in [0.29, 0.717) is 62.3 Å². The Morgan fingerprint density at radius 1 is 1.08 bits per heavy atom. The van der Waals surface area contributed by atoms with Crippen LogP contribution in [-0.4, -0.2) is 101 Å². The highest BCUT2D eigenvalue weighted by Crippen LogP contribution is 2.49. The van der Waals surface area contributed by atoms with Gasteiger partial charge in [0.2, 0.25) is 17.9 Å². The van der Waals surface area contributed by atoms with Crippen molar-refractivity contribution in [1.82, 2.24) is 24.8 Å². The Labute approximate surface area is 316 Å². The molecule has 2 aliphatic rings. The Morgan fingerprint density at radius 3 is 2.62 bits per heavy atom. The molecule has 0 radical (unpaired) electrons. The predicted molar refractivity (Wildman–Crippen MR) is 202 cm³/mol. The van der Waals surface area contributed by atoms with E-state index >= 15 is 0 Å². The van der Waals surface area contributed by atoms with Crippen molar-refractivity contribution in [2.75, 3.05) is 53.0 Å². The number of pyridine rings is 1. The number of piperazine rings is 1. The summed E-state index contributed by atoms with van der Waals surface area (Å²) in [5.74, 6) is -0.598. The number of ether oxygens (including phenoxy) is 4. The van der Waals surface area contributed by atoms with Crippen LogP contribution in [0.15, 0.2) is 61.1 Å². The molecule has 0 spiro atoms. The molecule has 0 saturated carbocycles. The van der Waals surface area contributed by atoms with E-state index in [1.54, 1.807) is 24.4 Å². The first-order valence-electron chi connectivity index (χ1n) is 17.7. The molecule has 53 heavy (non-hydrogen) atoms. The first-order valence-corrected chi connectivity index (χ1v) is 18.9. The Hall–Kier alpha value is -4.40. The van der Waals surface area contributed by atoms with Gasteiger partial charge in [-0.3, -0.25) is 4.90 Å². The second kappa shape index (κ2) is 16.7. The van der Waals surface area contributed by atoms with Crippen molar-refractivity contribution in [2.24, 2.45) is 0 Å². The topological polar surface area (TPSA) is 119 Å². The first kappa shape index (κ1) is 36.9. The van der Waals surface area contributed by atoms with Gasteiger partial charge in [-0.2, -0.15) is 0 Å². The van der Waals surface area contributed by atoms with Gasteiger partial charge in [-0.05, 0) is 61.7 Å². The number of nitrogens with zero attached hydrogens (tertiary/aromatic N) is 5. The molecule has 14 heteroatoms. The van der Waals surface area contributed by atoms with Crippen LogP contribution in [0.1, 0.15) is 30.4 Å². The molecule has 1 N–H and O–H groups in total. The summed E-state index contributed by atoms with van der Waals surface area (Å²) in [5.41, 5.74) is 3.38. The van der Waals surface area contributed by atoms with E-state index in [1.807, 2.05) is 25.1 Å². The van der Waals surface area contributed by atoms with Gasteiger partial charge in [0.15, 0.2) is 6.29 Å². The maximum atomic E-state index is 14.1. The van der Waals surface area contributed by atoms with E-state index in [1.165, 1.54) is 29.8 Å². The summed E-state index contributed by atoms with van der Waals surface area (Å²) in [4.78, 5) is 32.4. The summed E-state index contributed by atoms with van der Waals surface area (Å²) in [6.45, 7) is 7.65. The van der Waals surface area contributed by atoms with Crippen LogP contribution in [0.2, 0.25) is 5.02 Å². The average molecular weight is 762 g/mol. The molecule has 2 aromatic carbocycles. The highest BCUT2D eigenvalue weighted by atomic mass is 35.5. The molecule has 2 aliphatic heterocycles. The van der Waals surface area contributed by atoms with E-state index in [9.17, 15) is 14.3 Å². The number of hydrogen-bond donors (Lipinski definition) is 1. The zero-order chi connectivity index (χ0) is 36.9. The second-order valence-corrected chi connectivity index (χ2v) is 14.6. The third-order valence-electron chi connectivity index (χ3n) is 9.61. The van der Waals surface area contributed by atoms with Gasteiger partial charge in [-0.15, -0.1) is 11.3 Å². The van der Waals surface area contributed by atoms with E-state index in [0.717, 1.165) is 62.4 Å². The highest BCUT2D eigenvalue weighted by Gasteiger charge is 2.29. The number of aliphatic carboxylic acids is 1. The van der Waals surface area contributed by atoms with E-state index < -0.39 is 18.4 Å². The minimum absolute atomic E-state index is 0.000584. The smallest absolute Gasteiger partial charge is 0.345 e. The van der Waals surface area contributed by atoms with Crippen molar-refractivity contribution in [3.63, 3.8) is 0 Å². The Balaban J connectivity index is 1.23. The molecule has 3 aromatic heterocycles. The molecule has 1 unspecified atom stereocenters. The number of likely N-dealkylation sites (N-methyl/N-ethyl adjacent to an activating group) is 1. The number of aromatic nitrogens is 3. The summed E-state index contributed by atoms with van der Waals surface area (Å²) >= 11 is 8.31. The van der Waals surface area contributed by atoms with Gasteiger partial charge < -0.3 is 29.0 Å². The SMILES string of the molecule is Cc1c(-c2c(-c3ccc(F)cc3)sc3ncnc(O[C@H](Cc4ccccc4OC4CCCCO4)C(=O)O)c23)cnc(OCCN2CCN(C)CC2)c1Cl. The molecule has 7 rings (SSSR count). The van der Waals surface area contributed by atoms with Crippen LogP contribution in [0.25, 0.3) is 31.8 Å². The summed E-state index contributed by atoms with van der Waals surface area (Å²) < 4.78 is 38.4. The van der Waals surface area contributed by atoms with Gasteiger partial charge in [0.05, 0.1) is 12.0 Å². The van der Waals surface area contributed by atoms with Crippen molar-refractivity contribution >= 4 is 39.1 Å². The number of fused-ring (bicyclic) bond motifs is 1. The molecule has 0 amide bonds. The Morgan fingerprint density at radius 2 is 1.87 bits per heavy atom. The molecule has 2 fully saturated rings. The highest BCUT2D eigenvalue weighted by molar-refractivity contribution is 7.22. The first-order chi connectivity index (χ1) is 25.7. The van der Waals surface area contributed by atoms with Crippen molar-refractivity contribution in [3.05, 3.63) is 83.0 Å². The third-order valence-corrected chi connectivity index (χ3v) is 11.2. The normalized spacial score (nSPS) is 17.5. The van der Waals surface area contributed by atoms with Crippen LogP contribution in [0.4, 0.5) is 4.39 Å². The Kier molecular flexibility index (Phi) is 11.7. The summed E-state index contributed by atoms with van der Waals surface area (Å²) in [7, 11) is 2.12. The van der Waals surface area contributed by atoms with E-state index in [2.05, 4.69) is 31.8 Å². The van der Waals surface area contributed by atoms with Crippen molar-refractivity contribution in [3.8, 4) is 39.1 Å². The lowest BCUT2D eigenvalue weighted by Gasteiger charge is -2.32. The predicted octanol–water partition coefficient (Wildman–Crippen LogP) is 7.13. The minimum Gasteiger partial charge on any atom is -0.478 e. The number of benzene rings is 2. The quantitative estimate of drug-likeness (QED) is 0.132. The number of hydrogen-bond acceptors (Lipinski definition) is 11. The monoisotopic (exact) mass is 761 g/mol. The van der Waals surface area contributed by atoms with Crippen LogP contribution < -0.4 is 14.2 Å². The fourth-order valence-electron chi connectivity index (χ4n) is 6.56. The van der Waals surface area contributed by atoms with Crippen LogP contribution >= 0.6 is 22.9 Å². The number of thiophene rings is 1. The van der Waals surface area contributed by atoms with Gasteiger partial charge in [0.1, 0.15) is 34.4 Å².